The molecule has 338 valence electrons. The highest BCUT2D eigenvalue weighted by Gasteiger charge is 2.52. The summed E-state index contributed by atoms with van der Waals surface area (Å²) in [6.45, 7) is 10.1. The topological polar surface area (TPSA) is 209 Å². The number of nitrogens with zero attached hydrogens (tertiary/aromatic N) is 4. The van der Waals surface area contributed by atoms with Crippen molar-refractivity contribution in [1.82, 2.24) is 41.0 Å². The molecule has 1 aromatic heterocycles. The lowest BCUT2D eigenvalue weighted by Gasteiger charge is -2.32. The van der Waals surface area contributed by atoms with Crippen LogP contribution in [-0.2, 0) is 41.7 Å². The smallest absolute Gasteiger partial charge is 0.410 e. The standard InChI is InChI=1S/C45H56F2N8O8/c1-7-13-33(38(56)45(46,47)43(61)50-28(6)29-14-9-8-10-15-29)51-40(58)35-22-32(63-44(62)54-21-18-30-16-11-12-17-31(30)24-54)25-55(35)42(60)37(27(4)5)53-41(59)36(26(2)3)52-39(57)34-23-48-19-20-49-34/h8-12,14-17,19-20,23,26-28,32-33,35-37H,7,13,18,21-22,24-25H2,1-6H3,(H,50,61)(H,51,58)(H,52,57)(H,53,59)/t28-,32+,33-,35-,36-,37-/m0/s1. The van der Waals surface area contributed by atoms with Gasteiger partial charge in [0, 0.05) is 31.9 Å². The third-order valence-corrected chi connectivity index (χ3v) is 11.2. The maximum absolute atomic E-state index is 15.7. The Balaban J connectivity index is 1.37. The average Bonchev–Trinajstić information content (AvgIpc) is 3.70. The van der Waals surface area contributed by atoms with Crippen LogP contribution in [0.2, 0.25) is 0 Å². The molecule has 0 aliphatic carbocycles. The Morgan fingerprint density at radius 3 is 2.14 bits per heavy atom. The van der Waals surface area contributed by atoms with Crippen LogP contribution in [-0.4, -0.2) is 110 Å². The van der Waals surface area contributed by atoms with Crippen LogP contribution in [0.3, 0.4) is 0 Å². The highest BCUT2D eigenvalue weighted by Crippen LogP contribution is 2.27. The average molecular weight is 875 g/mol. The van der Waals surface area contributed by atoms with Crippen molar-refractivity contribution in [2.24, 2.45) is 11.8 Å². The van der Waals surface area contributed by atoms with Gasteiger partial charge in [-0.3, -0.25) is 33.8 Å². The van der Waals surface area contributed by atoms with Gasteiger partial charge in [0.1, 0.15) is 29.9 Å². The molecule has 0 unspecified atom stereocenters. The fourth-order valence-electron chi connectivity index (χ4n) is 7.61. The Morgan fingerprint density at radius 1 is 0.841 bits per heavy atom. The Hall–Kier alpha value is -6.33. The highest BCUT2D eigenvalue weighted by atomic mass is 19.3. The van der Waals surface area contributed by atoms with E-state index in [-0.39, 0.29) is 38.0 Å². The fraction of sp³-hybridized carbons (Fsp3) is 0.489. The second-order valence-corrected chi connectivity index (χ2v) is 16.6. The number of carbonyl (C=O) groups excluding carboxylic acids is 7. The van der Waals surface area contributed by atoms with Gasteiger partial charge in [-0.1, -0.05) is 95.6 Å². The maximum Gasteiger partial charge on any atom is 0.410 e. The Kier molecular flexibility index (Phi) is 16.0. The van der Waals surface area contributed by atoms with E-state index in [1.165, 1.54) is 30.4 Å². The lowest BCUT2D eigenvalue weighted by Crippen LogP contribution is -2.60. The molecular weight excluding hydrogens is 819 g/mol. The molecule has 5 rings (SSSR count). The molecule has 16 nitrogen and oxygen atoms in total. The molecule has 18 heteroatoms. The first-order chi connectivity index (χ1) is 29.9. The summed E-state index contributed by atoms with van der Waals surface area (Å²) in [5, 5.41) is 9.92. The first kappa shape index (κ1) is 47.7. The number of halogens is 2. The molecule has 6 amide bonds. The molecule has 1 fully saturated rings. The normalized spacial score (nSPS) is 18.1. The zero-order chi connectivity index (χ0) is 46.0. The van der Waals surface area contributed by atoms with Crippen LogP contribution in [0, 0.1) is 11.8 Å². The summed E-state index contributed by atoms with van der Waals surface area (Å²) >= 11 is 0. The summed E-state index contributed by atoms with van der Waals surface area (Å²) in [5.41, 5.74) is 2.53. The Bertz CT molecular complexity index is 2130. The molecule has 63 heavy (non-hydrogen) atoms. The first-order valence-corrected chi connectivity index (χ1v) is 21.2. The molecule has 0 spiro atoms. The third-order valence-electron chi connectivity index (χ3n) is 11.2. The molecule has 0 radical (unpaired) electrons. The predicted molar refractivity (Wildman–Crippen MR) is 226 cm³/mol. The summed E-state index contributed by atoms with van der Waals surface area (Å²) < 4.78 is 37.2. The van der Waals surface area contributed by atoms with Gasteiger partial charge in [-0.25, -0.2) is 9.78 Å². The number of alkyl halides is 2. The number of likely N-dealkylation sites (tertiary alicyclic amines) is 1. The van der Waals surface area contributed by atoms with Gasteiger partial charge in [-0.15, -0.1) is 0 Å². The number of hydrogen-bond donors (Lipinski definition) is 4. The molecule has 2 aromatic carbocycles. The van der Waals surface area contributed by atoms with Crippen molar-refractivity contribution in [2.75, 3.05) is 13.1 Å². The number of fused-ring (bicyclic) bond motifs is 1. The van der Waals surface area contributed by atoms with Crippen molar-refractivity contribution in [3.8, 4) is 0 Å². The number of ether oxygens (including phenoxy) is 1. The summed E-state index contributed by atoms with van der Waals surface area (Å²) in [5.74, 6) is -12.4. The van der Waals surface area contributed by atoms with Gasteiger partial charge >= 0.3 is 12.0 Å². The van der Waals surface area contributed by atoms with Crippen molar-refractivity contribution in [2.45, 2.75) is 116 Å². The zero-order valence-corrected chi connectivity index (χ0v) is 36.3. The van der Waals surface area contributed by atoms with Gasteiger partial charge in [0.2, 0.25) is 23.5 Å². The summed E-state index contributed by atoms with van der Waals surface area (Å²) in [6, 6.07) is 9.40. The zero-order valence-electron chi connectivity index (χ0n) is 36.3. The van der Waals surface area contributed by atoms with Crippen LogP contribution in [0.1, 0.15) is 94.0 Å². The van der Waals surface area contributed by atoms with E-state index in [1.54, 1.807) is 65.0 Å². The van der Waals surface area contributed by atoms with Crippen molar-refractivity contribution in [3.63, 3.8) is 0 Å². The molecule has 3 aromatic rings. The van der Waals surface area contributed by atoms with Crippen LogP contribution in [0.15, 0.2) is 73.2 Å². The van der Waals surface area contributed by atoms with Gasteiger partial charge < -0.3 is 35.8 Å². The minimum Gasteiger partial charge on any atom is -0.444 e. The molecule has 0 saturated carbocycles. The van der Waals surface area contributed by atoms with E-state index < -0.39 is 95.5 Å². The molecule has 0 bridgehead atoms. The second kappa shape index (κ2) is 21.2. The monoisotopic (exact) mass is 874 g/mol. The molecular formula is C45H56F2N8O8. The molecule has 4 N–H and O–H groups in total. The van der Waals surface area contributed by atoms with Crippen LogP contribution in [0.5, 0.6) is 0 Å². The highest BCUT2D eigenvalue weighted by molar-refractivity contribution is 6.10. The van der Waals surface area contributed by atoms with Crippen LogP contribution in [0.4, 0.5) is 13.6 Å². The van der Waals surface area contributed by atoms with Gasteiger partial charge in [0.25, 0.3) is 11.8 Å². The minimum absolute atomic E-state index is 0.0345. The minimum atomic E-state index is -4.55. The van der Waals surface area contributed by atoms with Crippen LogP contribution >= 0.6 is 0 Å². The number of aromatic nitrogens is 2. The van der Waals surface area contributed by atoms with E-state index >= 15 is 8.78 Å². The largest absolute Gasteiger partial charge is 0.444 e. The second-order valence-electron chi connectivity index (χ2n) is 16.6. The lowest BCUT2D eigenvalue weighted by atomic mass is 9.98. The number of hydrogen-bond acceptors (Lipinski definition) is 10. The van der Waals surface area contributed by atoms with Crippen LogP contribution in [0.25, 0.3) is 0 Å². The van der Waals surface area contributed by atoms with Crippen molar-refractivity contribution in [1.29, 1.82) is 0 Å². The molecule has 3 heterocycles. The number of benzene rings is 2. The van der Waals surface area contributed by atoms with Crippen molar-refractivity contribution >= 4 is 41.4 Å². The van der Waals surface area contributed by atoms with E-state index in [1.807, 2.05) is 24.3 Å². The maximum atomic E-state index is 15.7. The predicted octanol–water partition coefficient (Wildman–Crippen LogP) is 3.90. The number of ketones is 1. The number of Topliss-reactive ketones (excluding diaryl/α,β-unsaturated/α-hetero) is 1. The molecule has 2 aliphatic heterocycles. The van der Waals surface area contributed by atoms with Gasteiger partial charge in [-0.05, 0) is 48.3 Å². The van der Waals surface area contributed by atoms with E-state index in [0.29, 0.717) is 18.5 Å². The first-order valence-electron chi connectivity index (χ1n) is 21.2. The van der Waals surface area contributed by atoms with E-state index in [0.717, 1.165) is 16.0 Å². The molecule has 2 aliphatic rings. The van der Waals surface area contributed by atoms with E-state index in [4.69, 9.17) is 4.74 Å². The summed E-state index contributed by atoms with van der Waals surface area (Å²) in [7, 11) is 0. The lowest BCUT2D eigenvalue weighted by molar-refractivity contribution is -0.161. The van der Waals surface area contributed by atoms with Crippen LogP contribution < -0.4 is 21.3 Å². The SMILES string of the molecule is CCC[C@H](NC(=O)[C@@H]1C[C@@H](OC(=O)N2CCc3ccccc3C2)CN1C(=O)[C@@H](NC(=O)[C@@H](NC(=O)c1cnccn1)C(C)C)C(C)C)C(=O)C(F)(F)C(=O)N[C@@H](C)c1ccccc1. The van der Waals surface area contributed by atoms with Crippen molar-refractivity contribution < 1.29 is 47.1 Å². The molecule has 6 atom stereocenters. The molecule has 1 saturated heterocycles. The number of carbonyl (C=O) groups is 7. The number of amides is 6. The van der Waals surface area contributed by atoms with Gasteiger partial charge in [0.15, 0.2) is 0 Å². The van der Waals surface area contributed by atoms with Gasteiger partial charge in [-0.2, -0.15) is 8.78 Å². The number of rotatable bonds is 17. The Labute approximate surface area is 365 Å². The van der Waals surface area contributed by atoms with Crippen molar-refractivity contribution in [3.05, 3.63) is 95.6 Å². The fourth-order valence-corrected chi connectivity index (χ4v) is 7.61. The van der Waals surface area contributed by atoms with Gasteiger partial charge in [0.05, 0.1) is 24.8 Å². The van der Waals surface area contributed by atoms with E-state index in [9.17, 15) is 33.6 Å². The summed E-state index contributed by atoms with van der Waals surface area (Å²) in [6.07, 6.45) is 2.40. The number of nitrogens with one attached hydrogen (secondary N) is 4. The quantitative estimate of drug-likeness (QED) is 0.144. The van der Waals surface area contributed by atoms with E-state index in [2.05, 4.69) is 31.2 Å². The summed E-state index contributed by atoms with van der Waals surface area (Å²) in [4.78, 5) is 106. The Morgan fingerprint density at radius 2 is 1.51 bits per heavy atom. The third kappa shape index (κ3) is 11.8.